The molecule has 0 spiro atoms. The van der Waals surface area contributed by atoms with Gasteiger partial charge in [-0.05, 0) is 18.9 Å². The molecule has 0 aliphatic rings. The highest BCUT2D eigenvalue weighted by Crippen LogP contribution is 2.13. The number of carbonyl (C=O) groups is 1. The zero-order valence-corrected chi connectivity index (χ0v) is 13.6. The fraction of sp³-hybridized carbons (Fsp3) is 0.412. The summed E-state index contributed by atoms with van der Waals surface area (Å²) in [5, 5.41) is 19.5. The van der Waals surface area contributed by atoms with Gasteiger partial charge in [0.25, 0.3) is 0 Å². The number of aliphatic hydroxyl groups is 1. The summed E-state index contributed by atoms with van der Waals surface area (Å²) in [5.41, 5.74) is 1.94. The van der Waals surface area contributed by atoms with Gasteiger partial charge in [0.05, 0.1) is 18.3 Å². The molecule has 6 nitrogen and oxygen atoms in total. The molecule has 23 heavy (non-hydrogen) atoms. The number of rotatable bonds is 7. The molecule has 2 amide bonds. The Morgan fingerprint density at radius 3 is 2.78 bits per heavy atom. The van der Waals surface area contributed by atoms with Crippen LogP contribution in [0.1, 0.15) is 31.0 Å². The lowest BCUT2D eigenvalue weighted by atomic mass is 10.2. The smallest absolute Gasteiger partial charge is 0.320 e. The van der Waals surface area contributed by atoms with Crippen LogP contribution in [0.4, 0.5) is 10.6 Å². The van der Waals surface area contributed by atoms with Crippen LogP contribution in [-0.2, 0) is 6.54 Å². The van der Waals surface area contributed by atoms with E-state index in [1.54, 1.807) is 4.68 Å². The Morgan fingerprint density at radius 2 is 2.09 bits per heavy atom. The monoisotopic (exact) mass is 316 g/mol. The number of anilines is 1. The molecule has 0 aliphatic heterocycles. The van der Waals surface area contributed by atoms with Gasteiger partial charge in [-0.15, -0.1) is 0 Å². The summed E-state index contributed by atoms with van der Waals surface area (Å²) >= 11 is 0. The summed E-state index contributed by atoms with van der Waals surface area (Å²) in [6, 6.07) is 11.4. The molecule has 0 saturated heterocycles. The van der Waals surface area contributed by atoms with Gasteiger partial charge in [-0.3, -0.25) is 5.32 Å². The quantitative estimate of drug-likeness (QED) is 0.734. The lowest BCUT2D eigenvalue weighted by Gasteiger charge is -2.12. The van der Waals surface area contributed by atoms with Crippen LogP contribution in [0, 0.1) is 6.92 Å². The standard InChI is InChI=1S/C17H24N4O2/c1-3-7-15(22)11-18-17(23)19-16-10-13(2)20-21(16)12-14-8-5-4-6-9-14/h4-6,8-10,15,22H,3,7,11-12H2,1-2H3,(H2,18,19,23). The third-order valence-electron chi connectivity index (χ3n) is 3.44. The van der Waals surface area contributed by atoms with Gasteiger partial charge >= 0.3 is 6.03 Å². The van der Waals surface area contributed by atoms with Crippen molar-refractivity contribution in [3.05, 3.63) is 47.7 Å². The average molecular weight is 316 g/mol. The first-order valence-electron chi connectivity index (χ1n) is 7.89. The molecule has 1 aromatic heterocycles. The molecule has 0 bridgehead atoms. The van der Waals surface area contributed by atoms with Crippen molar-refractivity contribution >= 4 is 11.8 Å². The van der Waals surface area contributed by atoms with Crippen LogP contribution < -0.4 is 10.6 Å². The van der Waals surface area contributed by atoms with Crippen LogP contribution in [0.2, 0.25) is 0 Å². The number of hydrogen-bond acceptors (Lipinski definition) is 3. The number of carbonyl (C=O) groups excluding carboxylic acids is 1. The molecule has 1 unspecified atom stereocenters. The third-order valence-corrected chi connectivity index (χ3v) is 3.44. The van der Waals surface area contributed by atoms with Crippen molar-refractivity contribution in [3.8, 4) is 0 Å². The second kappa shape index (κ2) is 8.33. The summed E-state index contributed by atoms with van der Waals surface area (Å²) in [6.45, 7) is 4.71. The van der Waals surface area contributed by atoms with Crippen molar-refractivity contribution in [3.63, 3.8) is 0 Å². The minimum Gasteiger partial charge on any atom is -0.391 e. The van der Waals surface area contributed by atoms with Gasteiger partial charge in [-0.2, -0.15) is 5.10 Å². The molecule has 0 radical (unpaired) electrons. The first-order valence-corrected chi connectivity index (χ1v) is 7.89. The van der Waals surface area contributed by atoms with Gasteiger partial charge in [0.2, 0.25) is 0 Å². The van der Waals surface area contributed by atoms with E-state index in [0.29, 0.717) is 18.8 Å². The summed E-state index contributed by atoms with van der Waals surface area (Å²) in [4.78, 5) is 12.0. The van der Waals surface area contributed by atoms with Crippen molar-refractivity contribution in [2.45, 2.75) is 39.3 Å². The summed E-state index contributed by atoms with van der Waals surface area (Å²) in [6.07, 6.45) is 1.04. The van der Waals surface area contributed by atoms with Gasteiger partial charge in [0.1, 0.15) is 5.82 Å². The second-order valence-electron chi connectivity index (χ2n) is 5.59. The number of nitrogens with zero attached hydrogens (tertiary/aromatic N) is 2. The van der Waals surface area contributed by atoms with Crippen molar-refractivity contribution < 1.29 is 9.90 Å². The van der Waals surface area contributed by atoms with Gasteiger partial charge < -0.3 is 10.4 Å². The number of hydrogen-bond donors (Lipinski definition) is 3. The highest BCUT2D eigenvalue weighted by Gasteiger charge is 2.11. The van der Waals surface area contributed by atoms with E-state index in [2.05, 4.69) is 15.7 Å². The minimum absolute atomic E-state index is 0.242. The number of aliphatic hydroxyl groups excluding tert-OH is 1. The van der Waals surface area contributed by atoms with E-state index in [0.717, 1.165) is 17.7 Å². The summed E-state index contributed by atoms with van der Waals surface area (Å²) in [5.74, 6) is 0.633. The van der Waals surface area contributed by atoms with Crippen molar-refractivity contribution in [1.29, 1.82) is 0 Å². The Labute approximate surface area is 136 Å². The maximum Gasteiger partial charge on any atom is 0.320 e. The maximum absolute atomic E-state index is 12.0. The Balaban J connectivity index is 1.96. The molecule has 6 heteroatoms. The van der Waals surface area contributed by atoms with E-state index in [-0.39, 0.29) is 12.6 Å². The lowest BCUT2D eigenvalue weighted by molar-refractivity contribution is 0.162. The van der Waals surface area contributed by atoms with Gasteiger partial charge in [0, 0.05) is 12.6 Å². The van der Waals surface area contributed by atoms with Crippen LogP contribution in [0.15, 0.2) is 36.4 Å². The molecule has 0 fully saturated rings. The third kappa shape index (κ3) is 5.41. The molecule has 3 N–H and O–H groups in total. The molecule has 2 aromatic rings. The van der Waals surface area contributed by atoms with Crippen molar-refractivity contribution in [2.24, 2.45) is 0 Å². The number of nitrogens with one attached hydrogen (secondary N) is 2. The largest absolute Gasteiger partial charge is 0.391 e. The number of benzene rings is 1. The van der Waals surface area contributed by atoms with E-state index >= 15 is 0 Å². The van der Waals surface area contributed by atoms with E-state index in [4.69, 9.17) is 0 Å². The summed E-state index contributed by atoms with van der Waals surface area (Å²) in [7, 11) is 0. The van der Waals surface area contributed by atoms with Crippen LogP contribution in [0.25, 0.3) is 0 Å². The van der Waals surface area contributed by atoms with Crippen LogP contribution in [-0.4, -0.2) is 33.6 Å². The van der Waals surface area contributed by atoms with Crippen LogP contribution >= 0.6 is 0 Å². The van der Waals surface area contributed by atoms with Crippen molar-refractivity contribution in [2.75, 3.05) is 11.9 Å². The van der Waals surface area contributed by atoms with Crippen LogP contribution in [0.3, 0.4) is 0 Å². The van der Waals surface area contributed by atoms with E-state index in [1.165, 1.54) is 0 Å². The van der Waals surface area contributed by atoms with E-state index < -0.39 is 6.10 Å². The molecular weight excluding hydrogens is 292 g/mol. The Bertz CT molecular complexity index is 625. The fourth-order valence-electron chi connectivity index (χ4n) is 2.33. The zero-order valence-electron chi connectivity index (χ0n) is 13.6. The molecule has 1 heterocycles. The van der Waals surface area contributed by atoms with E-state index in [9.17, 15) is 9.90 Å². The molecular formula is C17H24N4O2. The number of aryl methyl sites for hydroxylation is 1. The van der Waals surface area contributed by atoms with Crippen LogP contribution in [0.5, 0.6) is 0 Å². The average Bonchev–Trinajstić information content (AvgIpc) is 2.86. The second-order valence-corrected chi connectivity index (χ2v) is 5.59. The van der Waals surface area contributed by atoms with Gasteiger partial charge in [0.15, 0.2) is 0 Å². The fourth-order valence-corrected chi connectivity index (χ4v) is 2.33. The molecule has 124 valence electrons. The first kappa shape index (κ1) is 17.0. The predicted octanol–water partition coefficient (Wildman–Crippen LogP) is 2.52. The van der Waals surface area contributed by atoms with Gasteiger partial charge in [-0.1, -0.05) is 43.7 Å². The number of aromatic nitrogens is 2. The van der Waals surface area contributed by atoms with E-state index in [1.807, 2.05) is 50.2 Å². The minimum atomic E-state index is -0.512. The summed E-state index contributed by atoms with van der Waals surface area (Å²) < 4.78 is 1.76. The number of urea groups is 1. The SMILES string of the molecule is CCCC(O)CNC(=O)Nc1cc(C)nn1Cc1ccccc1. The first-order chi connectivity index (χ1) is 11.1. The Morgan fingerprint density at radius 1 is 1.35 bits per heavy atom. The van der Waals surface area contributed by atoms with Crippen molar-refractivity contribution in [1.82, 2.24) is 15.1 Å². The highest BCUT2D eigenvalue weighted by atomic mass is 16.3. The lowest BCUT2D eigenvalue weighted by Crippen LogP contribution is -2.35. The van der Waals surface area contributed by atoms with Gasteiger partial charge in [-0.25, -0.2) is 9.48 Å². The number of amides is 2. The predicted molar refractivity (Wildman–Crippen MR) is 90.4 cm³/mol. The molecule has 0 aliphatic carbocycles. The normalized spacial score (nSPS) is 12.0. The highest BCUT2D eigenvalue weighted by molar-refractivity contribution is 5.88. The zero-order chi connectivity index (χ0) is 16.7. The molecule has 0 saturated carbocycles. The molecule has 2 rings (SSSR count). The molecule has 1 atom stereocenters. The molecule has 1 aromatic carbocycles. The topological polar surface area (TPSA) is 79.2 Å². The maximum atomic E-state index is 12.0. The Kier molecular flexibility index (Phi) is 6.17. The Hall–Kier alpha value is -2.34.